The summed E-state index contributed by atoms with van der Waals surface area (Å²) in [6, 6.07) is 15.4. The van der Waals surface area contributed by atoms with Crippen molar-refractivity contribution in [3.63, 3.8) is 0 Å². The van der Waals surface area contributed by atoms with Crippen molar-refractivity contribution >= 4 is 22.6 Å². The van der Waals surface area contributed by atoms with Gasteiger partial charge >= 0.3 is 6.36 Å². The molecule has 4 rings (SSSR count). The molecular formula is C24H24F3N3O2. The highest BCUT2D eigenvalue weighted by Crippen LogP contribution is 2.26. The van der Waals surface area contributed by atoms with E-state index in [1.807, 2.05) is 24.3 Å². The van der Waals surface area contributed by atoms with Gasteiger partial charge in [0, 0.05) is 23.0 Å². The number of pyridine rings is 1. The van der Waals surface area contributed by atoms with Gasteiger partial charge in [0.1, 0.15) is 11.6 Å². The Bertz CT molecular complexity index is 1110. The molecule has 1 aliphatic carbocycles. The molecule has 8 heteroatoms. The summed E-state index contributed by atoms with van der Waals surface area (Å²) in [7, 11) is 0. The number of rotatable bonds is 5. The van der Waals surface area contributed by atoms with Gasteiger partial charge in [-0.3, -0.25) is 4.79 Å². The number of nitrogens with one attached hydrogen (secondary N) is 2. The molecule has 5 nitrogen and oxygen atoms in total. The molecule has 2 aromatic carbocycles. The van der Waals surface area contributed by atoms with Gasteiger partial charge in [-0.25, -0.2) is 4.98 Å². The van der Waals surface area contributed by atoms with Crippen LogP contribution in [-0.2, 0) is 0 Å². The fourth-order valence-electron chi connectivity index (χ4n) is 4.12. The van der Waals surface area contributed by atoms with E-state index in [2.05, 4.69) is 28.4 Å². The second-order valence-electron chi connectivity index (χ2n) is 8.08. The molecule has 168 valence electrons. The zero-order valence-corrected chi connectivity index (χ0v) is 17.6. The van der Waals surface area contributed by atoms with Crippen molar-refractivity contribution in [3.05, 3.63) is 65.7 Å². The SMILES string of the molecule is Cc1cc(NC2CCC(NC(=O)c3cccc(OC(F)(F)F)c3)CC2)nc2ccccc12. The highest BCUT2D eigenvalue weighted by molar-refractivity contribution is 5.94. The Hall–Kier alpha value is -3.29. The lowest BCUT2D eigenvalue weighted by Gasteiger charge is -2.30. The second-order valence-corrected chi connectivity index (χ2v) is 8.08. The average Bonchev–Trinajstić information content (AvgIpc) is 2.74. The first-order valence-electron chi connectivity index (χ1n) is 10.6. The number of aryl methyl sites for hydroxylation is 1. The molecule has 1 heterocycles. The maximum absolute atomic E-state index is 12.5. The van der Waals surface area contributed by atoms with Crippen molar-refractivity contribution in [3.8, 4) is 5.75 Å². The number of amides is 1. The fraction of sp³-hybridized carbons (Fsp3) is 0.333. The molecule has 2 N–H and O–H groups in total. The van der Waals surface area contributed by atoms with Gasteiger partial charge in [-0.1, -0.05) is 24.3 Å². The number of benzene rings is 2. The van der Waals surface area contributed by atoms with E-state index in [0.717, 1.165) is 54.0 Å². The van der Waals surface area contributed by atoms with Crippen molar-refractivity contribution in [1.82, 2.24) is 10.3 Å². The molecule has 0 saturated heterocycles. The first kappa shape index (κ1) is 21.9. The van der Waals surface area contributed by atoms with Crippen LogP contribution in [0.4, 0.5) is 19.0 Å². The lowest BCUT2D eigenvalue weighted by atomic mass is 9.91. The molecule has 1 fully saturated rings. The number of ether oxygens (including phenoxy) is 1. The molecule has 0 bridgehead atoms. The molecular weight excluding hydrogens is 419 g/mol. The normalized spacial score (nSPS) is 18.9. The smallest absolute Gasteiger partial charge is 0.406 e. The predicted molar refractivity (Wildman–Crippen MR) is 117 cm³/mol. The number of carbonyl (C=O) groups is 1. The number of hydrogen-bond donors (Lipinski definition) is 2. The summed E-state index contributed by atoms with van der Waals surface area (Å²) in [4.78, 5) is 17.2. The van der Waals surface area contributed by atoms with Gasteiger partial charge in [0.05, 0.1) is 5.52 Å². The predicted octanol–water partition coefficient (Wildman–Crippen LogP) is 5.59. The molecule has 32 heavy (non-hydrogen) atoms. The van der Waals surface area contributed by atoms with Gasteiger partial charge < -0.3 is 15.4 Å². The Morgan fingerprint density at radius 3 is 2.47 bits per heavy atom. The minimum atomic E-state index is -4.79. The summed E-state index contributed by atoms with van der Waals surface area (Å²) in [6.45, 7) is 2.07. The number of hydrogen-bond acceptors (Lipinski definition) is 4. The summed E-state index contributed by atoms with van der Waals surface area (Å²) in [5.41, 5.74) is 2.26. The fourth-order valence-corrected chi connectivity index (χ4v) is 4.12. The lowest BCUT2D eigenvalue weighted by molar-refractivity contribution is -0.274. The van der Waals surface area contributed by atoms with Crippen LogP contribution in [0, 0.1) is 6.92 Å². The maximum atomic E-state index is 12.5. The van der Waals surface area contributed by atoms with Gasteiger partial charge in [-0.15, -0.1) is 13.2 Å². The third-order valence-electron chi connectivity index (χ3n) is 5.67. The molecule has 0 unspecified atom stereocenters. The first-order chi connectivity index (χ1) is 15.3. The van der Waals surface area contributed by atoms with E-state index < -0.39 is 18.0 Å². The summed E-state index contributed by atoms with van der Waals surface area (Å²) in [5.74, 6) is 0.0345. The monoisotopic (exact) mass is 443 g/mol. The Balaban J connectivity index is 1.31. The Kier molecular flexibility index (Phi) is 6.21. The second kappa shape index (κ2) is 9.06. The third-order valence-corrected chi connectivity index (χ3v) is 5.67. The first-order valence-corrected chi connectivity index (χ1v) is 10.6. The highest BCUT2D eigenvalue weighted by atomic mass is 19.4. The minimum absolute atomic E-state index is 0.0287. The van der Waals surface area contributed by atoms with Gasteiger partial charge in [-0.05, 0) is 68.5 Å². The van der Waals surface area contributed by atoms with E-state index in [-0.39, 0.29) is 17.6 Å². The van der Waals surface area contributed by atoms with Crippen LogP contribution in [-0.4, -0.2) is 29.3 Å². The number of anilines is 1. The zero-order valence-electron chi connectivity index (χ0n) is 17.6. The average molecular weight is 443 g/mol. The van der Waals surface area contributed by atoms with Crippen molar-refractivity contribution in [2.45, 2.75) is 51.1 Å². The number of para-hydroxylation sites is 1. The summed E-state index contributed by atoms with van der Waals surface area (Å²) in [5, 5.41) is 7.56. The van der Waals surface area contributed by atoms with Gasteiger partial charge in [0.2, 0.25) is 0 Å². The van der Waals surface area contributed by atoms with E-state index in [0.29, 0.717) is 0 Å². The number of nitrogens with zero attached hydrogens (tertiary/aromatic N) is 1. The van der Waals surface area contributed by atoms with E-state index in [9.17, 15) is 18.0 Å². The van der Waals surface area contributed by atoms with E-state index >= 15 is 0 Å². The summed E-state index contributed by atoms with van der Waals surface area (Å²) >= 11 is 0. The Labute approximate surface area is 184 Å². The number of aromatic nitrogens is 1. The van der Waals surface area contributed by atoms with Crippen LogP contribution in [0.3, 0.4) is 0 Å². The van der Waals surface area contributed by atoms with E-state index in [1.54, 1.807) is 0 Å². The van der Waals surface area contributed by atoms with Crippen LogP contribution in [0.25, 0.3) is 10.9 Å². The molecule has 0 atom stereocenters. The third kappa shape index (κ3) is 5.49. The molecule has 0 aliphatic heterocycles. The summed E-state index contributed by atoms with van der Waals surface area (Å²) < 4.78 is 41.1. The zero-order chi connectivity index (χ0) is 22.7. The number of fused-ring (bicyclic) bond motifs is 1. The van der Waals surface area contributed by atoms with Crippen molar-refractivity contribution in [2.75, 3.05) is 5.32 Å². The van der Waals surface area contributed by atoms with Crippen LogP contribution < -0.4 is 15.4 Å². The minimum Gasteiger partial charge on any atom is -0.406 e. The molecule has 1 aromatic heterocycles. The molecule has 1 saturated carbocycles. The van der Waals surface area contributed by atoms with Crippen LogP contribution in [0.2, 0.25) is 0 Å². The summed E-state index contributed by atoms with van der Waals surface area (Å²) in [6.07, 6.45) is -1.53. The van der Waals surface area contributed by atoms with Crippen LogP contribution in [0.5, 0.6) is 5.75 Å². The van der Waals surface area contributed by atoms with Crippen LogP contribution in [0.1, 0.15) is 41.6 Å². The largest absolute Gasteiger partial charge is 0.573 e. The van der Waals surface area contributed by atoms with Gasteiger partial charge in [-0.2, -0.15) is 0 Å². The van der Waals surface area contributed by atoms with Crippen molar-refractivity contribution in [1.29, 1.82) is 0 Å². The maximum Gasteiger partial charge on any atom is 0.573 e. The lowest BCUT2D eigenvalue weighted by Crippen LogP contribution is -2.40. The number of alkyl halides is 3. The van der Waals surface area contributed by atoms with Crippen LogP contribution in [0.15, 0.2) is 54.6 Å². The Morgan fingerprint density at radius 1 is 1.00 bits per heavy atom. The molecule has 1 aliphatic rings. The van der Waals surface area contributed by atoms with Gasteiger partial charge in [0.15, 0.2) is 0 Å². The van der Waals surface area contributed by atoms with E-state index in [4.69, 9.17) is 4.98 Å². The Morgan fingerprint density at radius 2 is 1.72 bits per heavy atom. The van der Waals surface area contributed by atoms with Crippen LogP contribution >= 0.6 is 0 Å². The molecule has 3 aromatic rings. The number of carbonyl (C=O) groups excluding carboxylic acids is 1. The quantitative estimate of drug-likeness (QED) is 0.539. The standard InChI is InChI=1S/C24H24F3N3O2/c1-15-13-22(30-21-8-3-2-7-20(15)21)28-17-9-11-18(12-10-17)29-23(31)16-5-4-6-19(14-16)32-24(25,26)27/h2-8,13-14,17-18H,9-12H2,1H3,(H,28,30)(H,29,31). The van der Waals surface area contributed by atoms with E-state index in [1.165, 1.54) is 18.2 Å². The van der Waals surface area contributed by atoms with Crippen molar-refractivity contribution in [2.24, 2.45) is 0 Å². The highest BCUT2D eigenvalue weighted by Gasteiger charge is 2.31. The molecule has 0 radical (unpaired) electrons. The van der Waals surface area contributed by atoms with Crippen molar-refractivity contribution < 1.29 is 22.7 Å². The van der Waals surface area contributed by atoms with Gasteiger partial charge in [0.25, 0.3) is 5.91 Å². The topological polar surface area (TPSA) is 63.2 Å². The molecule has 0 spiro atoms. The molecule has 1 amide bonds. The number of halogens is 3.